The molecule has 2 heterocycles. The van der Waals surface area contributed by atoms with Crippen LogP contribution in [0.2, 0.25) is 0 Å². The highest BCUT2D eigenvalue weighted by atomic mass is 16.6. The van der Waals surface area contributed by atoms with Crippen molar-refractivity contribution in [2.24, 2.45) is 7.05 Å². The van der Waals surface area contributed by atoms with Gasteiger partial charge in [-0.25, -0.2) is 0 Å². The zero-order valence-electron chi connectivity index (χ0n) is 11.7. The lowest BCUT2D eigenvalue weighted by Crippen LogP contribution is -1.87. The predicted octanol–water partition coefficient (Wildman–Crippen LogP) is 3.15. The van der Waals surface area contributed by atoms with Crippen molar-refractivity contribution in [3.05, 3.63) is 64.3 Å². The van der Waals surface area contributed by atoms with Crippen LogP contribution in [0.3, 0.4) is 0 Å². The number of aromatic nitrogens is 3. The maximum atomic E-state index is 10.6. The Balaban J connectivity index is 1.80. The predicted molar refractivity (Wildman–Crippen MR) is 80.7 cm³/mol. The van der Waals surface area contributed by atoms with Crippen LogP contribution < -0.4 is 0 Å². The molecule has 0 radical (unpaired) electrons. The van der Waals surface area contributed by atoms with E-state index in [9.17, 15) is 10.1 Å². The third-order valence-corrected chi connectivity index (χ3v) is 3.15. The third-order valence-electron chi connectivity index (χ3n) is 3.15. The maximum absolute atomic E-state index is 10.6. The minimum Gasteiger partial charge on any atom is -0.417 e. The van der Waals surface area contributed by atoms with Gasteiger partial charge in [-0.15, -0.1) is 10.2 Å². The van der Waals surface area contributed by atoms with Crippen LogP contribution in [0, 0.1) is 10.1 Å². The molecule has 22 heavy (non-hydrogen) atoms. The Hall–Kier alpha value is -3.22. The Morgan fingerprint density at radius 3 is 2.59 bits per heavy atom. The summed E-state index contributed by atoms with van der Waals surface area (Å²) in [6.07, 6.45) is 5.53. The van der Waals surface area contributed by atoms with Gasteiger partial charge in [-0.1, -0.05) is 0 Å². The van der Waals surface area contributed by atoms with Crippen LogP contribution in [-0.4, -0.2) is 19.7 Å². The van der Waals surface area contributed by atoms with Crippen molar-refractivity contribution in [1.82, 2.24) is 14.8 Å². The van der Waals surface area contributed by atoms with Crippen molar-refractivity contribution >= 4 is 17.8 Å². The summed E-state index contributed by atoms with van der Waals surface area (Å²) in [7, 11) is 1.94. The fraction of sp³-hybridized carbons (Fsp3) is 0.0667. The Bertz CT molecular complexity index is 831. The number of nitro benzene ring substituents is 1. The molecule has 7 nitrogen and oxygen atoms in total. The average Bonchev–Trinajstić information content (AvgIpc) is 3.14. The van der Waals surface area contributed by atoms with E-state index in [4.69, 9.17) is 4.42 Å². The van der Waals surface area contributed by atoms with E-state index in [2.05, 4.69) is 10.2 Å². The van der Waals surface area contributed by atoms with E-state index >= 15 is 0 Å². The standard InChI is InChI=1S/C15H12N4O3/c1-18-10-2-3-12(18)8-9-14-16-17-15(22-14)11-4-6-13(7-5-11)19(20)21/h2-10H,1H3/b9-8+. The van der Waals surface area contributed by atoms with Crippen molar-refractivity contribution in [2.45, 2.75) is 0 Å². The minimum absolute atomic E-state index is 0.0205. The topological polar surface area (TPSA) is 87.0 Å². The van der Waals surface area contributed by atoms with Crippen LogP contribution in [0.15, 0.2) is 47.0 Å². The van der Waals surface area contributed by atoms with Gasteiger partial charge in [0.1, 0.15) is 0 Å². The summed E-state index contributed by atoms with van der Waals surface area (Å²) in [5, 5.41) is 18.5. The van der Waals surface area contributed by atoms with E-state index in [0.29, 0.717) is 17.3 Å². The first kappa shape index (κ1) is 13.7. The lowest BCUT2D eigenvalue weighted by Gasteiger charge is -1.94. The summed E-state index contributed by atoms with van der Waals surface area (Å²) < 4.78 is 7.48. The molecule has 110 valence electrons. The van der Waals surface area contributed by atoms with E-state index in [1.54, 1.807) is 18.2 Å². The minimum atomic E-state index is -0.453. The number of hydrogen-bond donors (Lipinski definition) is 0. The van der Waals surface area contributed by atoms with Crippen LogP contribution >= 0.6 is 0 Å². The molecule has 0 atom stereocenters. The van der Waals surface area contributed by atoms with E-state index in [0.717, 1.165) is 5.69 Å². The van der Waals surface area contributed by atoms with Gasteiger partial charge in [-0.3, -0.25) is 10.1 Å². The normalized spacial score (nSPS) is 11.1. The largest absolute Gasteiger partial charge is 0.417 e. The lowest BCUT2D eigenvalue weighted by atomic mass is 10.2. The molecule has 0 aliphatic rings. The maximum Gasteiger partial charge on any atom is 0.269 e. The molecule has 0 N–H and O–H groups in total. The van der Waals surface area contributed by atoms with Gasteiger partial charge in [0.2, 0.25) is 11.8 Å². The number of hydrogen-bond acceptors (Lipinski definition) is 5. The molecule has 1 aromatic carbocycles. The molecule has 0 spiro atoms. The van der Waals surface area contributed by atoms with Gasteiger partial charge in [0.15, 0.2) is 0 Å². The van der Waals surface area contributed by atoms with E-state index in [1.807, 2.05) is 36.0 Å². The van der Waals surface area contributed by atoms with Gasteiger partial charge in [-0.05, 0) is 30.3 Å². The number of non-ortho nitro benzene ring substituents is 1. The van der Waals surface area contributed by atoms with Crippen LogP contribution in [0.4, 0.5) is 5.69 Å². The molecule has 3 aromatic rings. The van der Waals surface area contributed by atoms with Crippen molar-refractivity contribution in [1.29, 1.82) is 0 Å². The first-order valence-electron chi connectivity index (χ1n) is 6.51. The smallest absolute Gasteiger partial charge is 0.269 e. The molecular formula is C15H12N4O3. The Morgan fingerprint density at radius 1 is 1.18 bits per heavy atom. The molecule has 0 aliphatic carbocycles. The highest BCUT2D eigenvalue weighted by molar-refractivity contribution is 5.65. The number of rotatable bonds is 4. The monoisotopic (exact) mass is 296 g/mol. The molecule has 2 aromatic heterocycles. The highest BCUT2D eigenvalue weighted by Gasteiger charge is 2.09. The summed E-state index contributed by atoms with van der Waals surface area (Å²) in [4.78, 5) is 10.2. The molecule has 0 saturated heterocycles. The van der Waals surface area contributed by atoms with Crippen LogP contribution in [0.25, 0.3) is 23.6 Å². The summed E-state index contributed by atoms with van der Waals surface area (Å²) in [5.41, 5.74) is 1.67. The van der Waals surface area contributed by atoms with Crippen molar-refractivity contribution in [3.8, 4) is 11.5 Å². The molecule has 0 unspecified atom stereocenters. The Labute approximate surface area is 125 Å². The summed E-state index contributed by atoms with van der Waals surface area (Å²) >= 11 is 0. The highest BCUT2D eigenvalue weighted by Crippen LogP contribution is 2.21. The van der Waals surface area contributed by atoms with Gasteiger partial charge in [-0.2, -0.15) is 0 Å². The van der Waals surface area contributed by atoms with Crippen LogP contribution in [0.5, 0.6) is 0 Å². The van der Waals surface area contributed by atoms with Gasteiger partial charge in [0.25, 0.3) is 5.69 Å². The lowest BCUT2D eigenvalue weighted by molar-refractivity contribution is -0.384. The summed E-state index contributed by atoms with van der Waals surface area (Å²) in [5.74, 6) is 0.691. The first-order valence-corrected chi connectivity index (χ1v) is 6.51. The number of nitro groups is 1. The summed E-state index contributed by atoms with van der Waals surface area (Å²) in [6.45, 7) is 0. The van der Waals surface area contributed by atoms with Crippen LogP contribution in [0.1, 0.15) is 11.6 Å². The van der Waals surface area contributed by atoms with Crippen molar-refractivity contribution in [2.75, 3.05) is 0 Å². The number of nitrogens with zero attached hydrogens (tertiary/aromatic N) is 4. The molecule has 0 amide bonds. The number of aryl methyl sites for hydroxylation is 1. The molecule has 0 aliphatic heterocycles. The molecule has 3 rings (SSSR count). The first-order chi connectivity index (χ1) is 10.6. The zero-order chi connectivity index (χ0) is 15.5. The fourth-order valence-electron chi connectivity index (χ4n) is 1.95. The number of benzene rings is 1. The van der Waals surface area contributed by atoms with Gasteiger partial charge < -0.3 is 8.98 Å². The van der Waals surface area contributed by atoms with E-state index in [1.165, 1.54) is 12.1 Å². The molecule has 0 bridgehead atoms. The van der Waals surface area contributed by atoms with Gasteiger partial charge in [0, 0.05) is 42.7 Å². The van der Waals surface area contributed by atoms with E-state index < -0.39 is 4.92 Å². The average molecular weight is 296 g/mol. The second-order valence-corrected chi connectivity index (χ2v) is 4.63. The zero-order valence-corrected chi connectivity index (χ0v) is 11.7. The van der Waals surface area contributed by atoms with Gasteiger partial charge in [0.05, 0.1) is 4.92 Å². The van der Waals surface area contributed by atoms with E-state index in [-0.39, 0.29) is 5.69 Å². The van der Waals surface area contributed by atoms with Crippen molar-refractivity contribution in [3.63, 3.8) is 0 Å². The quantitative estimate of drug-likeness (QED) is 0.545. The molecule has 0 saturated carbocycles. The fourth-order valence-corrected chi connectivity index (χ4v) is 1.95. The second-order valence-electron chi connectivity index (χ2n) is 4.63. The van der Waals surface area contributed by atoms with Crippen molar-refractivity contribution < 1.29 is 9.34 Å². The Kier molecular flexibility index (Phi) is 3.53. The molecule has 0 fully saturated rings. The Morgan fingerprint density at radius 2 is 1.95 bits per heavy atom. The molecular weight excluding hydrogens is 284 g/mol. The molecule has 7 heteroatoms. The SMILES string of the molecule is Cn1cccc1/C=C/c1nnc(-c2ccc([N+](=O)[O-])cc2)o1. The summed E-state index contributed by atoms with van der Waals surface area (Å²) in [6, 6.07) is 9.87. The third kappa shape index (κ3) is 2.78. The second kappa shape index (κ2) is 5.65. The van der Waals surface area contributed by atoms with Crippen LogP contribution in [-0.2, 0) is 7.05 Å². The van der Waals surface area contributed by atoms with Gasteiger partial charge >= 0.3 is 0 Å².